The fourth-order valence-corrected chi connectivity index (χ4v) is 4.06. The van der Waals surface area contributed by atoms with Crippen molar-refractivity contribution >= 4 is 23.6 Å². The molecule has 3 unspecified atom stereocenters. The number of nitrogens with one attached hydrogen (secondary N) is 1. The number of piperazine rings is 1. The standard InChI is InChI=1S/C19H23FN4O3/c1-10-13-9-23(14(10)8-21-13)17-12(20)7-11-16(22-17)24(19(2,3)4)6-5-15(25)27-18(11)26/h5-7,10,13-14,21H,8-9H2,1-4H3/b6-5-. The van der Waals surface area contributed by atoms with Crippen LogP contribution < -0.4 is 15.1 Å². The summed E-state index contributed by atoms with van der Waals surface area (Å²) in [6.07, 6.45) is 2.71. The van der Waals surface area contributed by atoms with E-state index in [1.807, 2.05) is 25.7 Å². The molecule has 144 valence electrons. The quantitative estimate of drug-likeness (QED) is 0.594. The zero-order valence-corrected chi connectivity index (χ0v) is 15.8. The number of pyridine rings is 1. The molecular formula is C19H23FN4O3. The topological polar surface area (TPSA) is 74.8 Å². The summed E-state index contributed by atoms with van der Waals surface area (Å²) in [4.78, 5) is 32.3. The fraction of sp³-hybridized carbons (Fsp3) is 0.526. The summed E-state index contributed by atoms with van der Waals surface area (Å²) < 4.78 is 19.7. The first-order valence-corrected chi connectivity index (χ1v) is 9.11. The van der Waals surface area contributed by atoms with Crippen LogP contribution in [0.25, 0.3) is 0 Å². The number of hydrogen-bond donors (Lipinski definition) is 1. The lowest BCUT2D eigenvalue weighted by atomic mass is 10.0. The summed E-state index contributed by atoms with van der Waals surface area (Å²) in [5, 5.41) is 3.43. The van der Waals surface area contributed by atoms with Crippen LogP contribution in [0.5, 0.6) is 0 Å². The molecule has 1 aromatic heterocycles. The summed E-state index contributed by atoms with van der Waals surface area (Å²) in [7, 11) is 0. The van der Waals surface area contributed by atoms with Crippen molar-refractivity contribution in [3.8, 4) is 0 Å². The van der Waals surface area contributed by atoms with Gasteiger partial charge in [0, 0.05) is 43.0 Å². The average Bonchev–Trinajstić information content (AvgIpc) is 3.08. The molecule has 1 aromatic rings. The van der Waals surface area contributed by atoms with Gasteiger partial charge in [-0.3, -0.25) is 0 Å². The van der Waals surface area contributed by atoms with Crippen molar-refractivity contribution in [1.82, 2.24) is 10.3 Å². The van der Waals surface area contributed by atoms with Crippen molar-refractivity contribution in [2.75, 3.05) is 22.9 Å². The normalized spacial score (nSPS) is 28.7. The maximum absolute atomic E-state index is 15.0. The molecule has 27 heavy (non-hydrogen) atoms. The van der Waals surface area contributed by atoms with Crippen LogP contribution in [0, 0.1) is 11.7 Å². The molecule has 1 N–H and O–H groups in total. The third-order valence-electron chi connectivity index (χ3n) is 5.56. The van der Waals surface area contributed by atoms with Crippen LogP contribution in [0.15, 0.2) is 18.3 Å². The maximum Gasteiger partial charge on any atom is 0.349 e. The minimum Gasteiger partial charge on any atom is -0.386 e. The Balaban J connectivity index is 1.85. The molecular weight excluding hydrogens is 351 g/mol. The Bertz CT molecular complexity index is 848. The highest BCUT2D eigenvalue weighted by molar-refractivity contribution is 6.04. The van der Waals surface area contributed by atoms with Gasteiger partial charge in [0.25, 0.3) is 0 Å². The molecule has 3 aliphatic heterocycles. The highest BCUT2D eigenvalue weighted by atomic mass is 19.1. The number of rotatable bonds is 1. The van der Waals surface area contributed by atoms with Gasteiger partial charge in [-0.05, 0) is 32.8 Å². The number of ether oxygens (including phenoxy) is 1. The number of fused-ring (bicyclic) bond motifs is 3. The van der Waals surface area contributed by atoms with Gasteiger partial charge in [0.2, 0.25) is 0 Å². The van der Waals surface area contributed by atoms with Crippen LogP contribution in [0.1, 0.15) is 38.1 Å². The molecule has 2 fully saturated rings. The second kappa shape index (κ2) is 6.02. The maximum atomic E-state index is 15.0. The van der Waals surface area contributed by atoms with Crippen LogP contribution in [0.2, 0.25) is 0 Å². The Labute approximate surface area is 157 Å². The molecule has 0 aromatic carbocycles. The van der Waals surface area contributed by atoms with Gasteiger partial charge >= 0.3 is 11.9 Å². The molecule has 8 heteroatoms. The predicted octanol–water partition coefficient (Wildman–Crippen LogP) is 1.83. The first-order chi connectivity index (χ1) is 12.7. The smallest absolute Gasteiger partial charge is 0.349 e. The van der Waals surface area contributed by atoms with E-state index in [2.05, 4.69) is 17.2 Å². The predicted molar refractivity (Wildman–Crippen MR) is 98.1 cm³/mol. The van der Waals surface area contributed by atoms with Crippen molar-refractivity contribution < 1.29 is 18.7 Å². The monoisotopic (exact) mass is 374 g/mol. The third-order valence-corrected chi connectivity index (χ3v) is 5.56. The van der Waals surface area contributed by atoms with Crippen molar-refractivity contribution in [2.45, 2.75) is 45.3 Å². The summed E-state index contributed by atoms with van der Waals surface area (Å²) in [5.74, 6) is -1.36. The molecule has 7 nitrogen and oxygen atoms in total. The van der Waals surface area contributed by atoms with Crippen molar-refractivity contribution in [3.63, 3.8) is 0 Å². The Morgan fingerprint density at radius 1 is 1.30 bits per heavy atom. The Hall–Kier alpha value is -2.48. The number of anilines is 2. The minimum atomic E-state index is -0.899. The second-order valence-corrected chi connectivity index (χ2v) is 8.32. The van der Waals surface area contributed by atoms with E-state index in [4.69, 9.17) is 4.74 Å². The molecule has 2 bridgehead atoms. The average molecular weight is 374 g/mol. The molecule has 0 spiro atoms. The number of carbonyl (C=O) groups excluding carboxylic acids is 2. The summed E-state index contributed by atoms with van der Waals surface area (Å²) in [6, 6.07) is 1.60. The van der Waals surface area contributed by atoms with E-state index in [1.54, 1.807) is 4.90 Å². The molecule has 3 aliphatic rings. The summed E-state index contributed by atoms with van der Waals surface area (Å²) >= 11 is 0. The largest absolute Gasteiger partial charge is 0.386 e. The van der Waals surface area contributed by atoms with Crippen LogP contribution in [-0.4, -0.2) is 47.6 Å². The Morgan fingerprint density at radius 3 is 2.63 bits per heavy atom. The van der Waals surface area contributed by atoms with E-state index in [-0.39, 0.29) is 23.2 Å². The first kappa shape index (κ1) is 17.9. The summed E-state index contributed by atoms with van der Waals surface area (Å²) in [5.41, 5.74) is -0.538. The van der Waals surface area contributed by atoms with E-state index in [1.165, 1.54) is 12.3 Å². The highest BCUT2D eigenvalue weighted by Gasteiger charge is 2.46. The van der Waals surface area contributed by atoms with Gasteiger partial charge < -0.3 is 19.9 Å². The SMILES string of the molecule is CC1C2CN(c3nc4c(cc3F)C(=O)OC(=O)/C=C\N4C(C)(C)C)C1CN2. The van der Waals surface area contributed by atoms with E-state index >= 15 is 0 Å². The fourth-order valence-electron chi connectivity index (χ4n) is 4.06. The van der Waals surface area contributed by atoms with Gasteiger partial charge in [-0.15, -0.1) is 0 Å². The van der Waals surface area contributed by atoms with Gasteiger partial charge in [0.05, 0.1) is 0 Å². The zero-order valence-electron chi connectivity index (χ0n) is 15.8. The van der Waals surface area contributed by atoms with Crippen LogP contribution in [-0.2, 0) is 9.53 Å². The van der Waals surface area contributed by atoms with E-state index < -0.39 is 23.3 Å². The molecule has 0 amide bonds. The molecule has 4 rings (SSSR count). The van der Waals surface area contributed by atoms with Crippen LogP contribution in [0.4, 0.5) is 16.0 Å². The Kier molecular flexibility index (Phi) is 3.99. The molecule has 0 radical (unpaired) electrons. The zero-order chi connectivity index (χ0) is 19.5. The van der Waals surface area contributed by atoms with Crippen LogP contribution in [0.3, 0.4) is 0 Å². The number of halogens is 1. The van der Waals surface area contributed by atoms with E-state index in [0.717, 1.165) is 12.6 Å². The van der Waals surface area contributed by atoms with Crippen molar-refractivity contribution in [2.24, 2.45) is 5.92 Å². The number of nitrogens with zero attached hydrogens (tertiary/aromatic N) is 3. The second-order valence-electron chi connectivity index (χ2n) is 8.32. The number of aromatic nitrogens is 1. The van der Waals surface area contributed by atoms with Gasteiger partial charge in [-0.1, -0.05) is 6.92 Å². The third kappa shape index (κ3) is 2.88. The highest BCUT2D eigenvalue weighted by Crippen LogP contribution is 2.37. The lowest BCUT2D eigenvalue weighted by Gasteiger charge is -2.36. The summed E-state index contributed by atoms with van der Waals surface area (Å²) in [6.45, 7) is 9.37. The number of carbonyl (C=O) groups is 2. The Morgan fingerprint density at radius 2 is 2.04 bits per heavy atom. The molecule has 2 saturated heterocycles. The molecule has 0 aliphatic carbocycles. The van der Waals surface area contributed by atoms with E-state index in [0.29, 0.717) is 18.5 Å². The lowest BCUT2D eigenvalue weighted by Crippen LogP contribution is -2.45. The first-order valence-electron chi connectivity index (χ1n) is 9.11. The van der Waals surface area contributed by atoms with Crippen LogP contribution >= 0.6 is 0 Å². The van der Waals surface area contributed by atoms with Gasteiger partial charge in [0.1, 0.15) is 11.4 Å². The van der Waals surface area contributed by atoms with Crippen molar-refractivity contribution in [3.05, 3.63) is 29.7 Å². The molecule has 0 saturated carbocycles. The lowest BCUT2D eigenvalue weighted by molar-refractivity contribution is -0.132. The molecule has 4 heterocycles. The number of cyclic esters (lactones) is 2. The number of esters is 2. The van der Waals surface area contributed by atoms with Gasteiger partial charge in [-0.25, -0.2) is 19.0 Å². The minimum absolute atomic E-state index is 0.0561. The molecule has 3 atom stereocenters. The number of hydrogen-bond acceptors (Lipinski definition) is 7. The van der Waals surface area contributed by atoms with Gasteiger partial charge in [-0.2, -0.15) is 0 Å². The van der Waals surface area contributed by atoms with E-state index in [9.17, 15) is 14.0 Å². The van der Waals surface area contributed by atoms with Gasteiger partial charge in [0.15, 0.2) is 11.6 Å². The van der Waals surface area contributed by atoms with Crippen molar-refractivity contribution in [1.29, 1.82) is 0 Å².